The van der Waals surface area contributed by atoms with E-state index in [0.29, 0.717) is 5.92 Å². The number of aliphatic hydroxyl groups excluding tert-OH is 1. The van der Waals surface area contributed by atoms with Crippen LogP contribution in [0, 0.1) is 5.92 Å². The number of hydrogen-bond acceptors (Lipinski definition) is 3. The van der Waals surface area contributed by atoms with Gasteiger partial charge in [-0.2, -0.15) is 0 Å². The Hall–Kier alpha value is -1.06. The van der Waals surface area contributed by atoms with Crippen LogP contribution in [0.25, 0.3) is 0 Å². The van der Waals surface area contributed by atoms with Gasteiger partial charge >= 0.3 is 0 Å². The Balaban J connectivity index is 1.95. The lowest BCUT2D eigenvalue weighted by Gasteiger charge is -2.29. The molecule has 1 heterocycles. The molecule has 0 amide bonds. The Morgan fingerprint density at radius 2 is 1.93 bits per heavy atom. The fourth-order valence-corrected chi connectivity index (χ4v) is 1.66. The lowest BCUT2D eigenvalue weighted by Crippen LogP contribution is -2.42. The Kier molecular flexibility index (Phi) is 2.70. The molecule has 76 valence electrons. The van der Waals surface area contributed by atoms with Crippen molar-refractivity contribution in [2.45, 2.75) is 12.5 Å². The summed E-state index contributed by atoms with van der Waals surface area (Å²) in [6, 6.07) is 6.76. The minimum atomic E-state index is -0.400. The highest BCUT2D eigenvalue weighted by molar-refractivity contribution is 5.27. The van der Waals surface area contributed by atoms with Gasteiger partial charge in [0.15, 0.2) is 0 Å². The average molecular weight is 193 g/mol. The van der Waals surface area contributed by atoms with E-state index in [1.54, 1.807) is 24.3 Å². The van der Waals surface area contributed by atoms with E-state index in [9.17, 15) is 5.11 Å². The Labute approximate surface area is 83.4 Å². The molecular formula is C11H15NO2. The molecule has 1 atom stereocenters. The lowest BCUT2D eigenvalue weighted by molar-refractivity contribution is 0.127. The van der Waals surface area contributed by atoms with Crippen molar-refractivity contribution in [1.29, 1.82) is 0 Å². The zero-order chi connectivity index (χ0) is 9.97. The molecule has 0 radical (unpaired) electrons. The lowest BCUT2D eigenvalue weighted by atomic mass is 9.93. The highest BCUT2D eigenvalue weighted by Gasteiger charge is 2.21. The van der Waals surface area contributed by atoms with Crippen molar-refractivity contribution in [1.82, 2.24) is 5.32 Å². The molecule has 1 aromatic carbocycles. The number of aromatic hydroxyl groups is 1. The number of aliphatic hydroxyl groups is 1. The topological polar surface area (TPSA) is 52.5 Å². The van der Waals surface area contributed by atoms with Crippen molar-refractivity contribution in [2.75, 3.05) is 13.1 Å². The number of benzene rings is 1. The Morgan fingerprint density at radius 1 is 1.29 bits per heavy atom. The molecule has 1 saturated heterocycles. The molecule has 0 spiro atoms. The third kappa shape index (κ3) is 2.05. The zero-order valence-corrected chi connectivity index (χ0v) is 7.98. The van der Waals surface area contributed by atoms with Gasteiger partial charge in [-0.05, 0) is 43.1 Å². The number of nitrogens with one attached hydrogen (secondary N) is 1. The molecule has 1 aliphatic rings. The first-order valence-electron chi connectivity index (χ1n) is 4.93. The number of hydrogen-bond donors (Lipinski definition) is 3. The number of phenols is 1. The van der Waals surface area contributed by atoms with Crippen molar-refractivity contribution >= 4 is 0 Å². The zero-order valence-electron chi connectivity index (χ0n) is 7.98. The van der Waals surface area contributed by atoms with Crippen LogP contribution < -0.4 is 5.32 Å². The highest BCUT2D eigenvalue weighted by Crippen LogP contribution is 2.24. The fraction of sp³-hybridized carbons (Fsp3) is 0.455. The van der Waals surface area contributed by atoms with Crippen molar-refractivity contribution in [3.63, 3.8) is 0 Å². The van der Waals surface area contributed by atoms with Crippen LogP contribution in [0.2, 0.25) is 0 Å². The summed E-state index contributed by atoms with van der Waals surface area (Å²) in [4.78, 5) is 0. The fourth-order valence-electron chi connectivity index (χ4n) is 1.66. The molecule has 3 nitrogen and oxygen atoms in total. The van der Waals surface area contributed by atoms with Crippen molar-refractivity contribution < 1.29 is 10.2 Å². The van der Waals surface area contributed by atoms with Gasteiger partial charge in [0.1, 0.15) is 5.75 Å². The second-order valence-corrected chi connectivity index (χ2v) is 3.87. The third-order valence-corrected chi connectivity index (χ3v) is 2.70. The molecule has 1 aliphatic heterocycles. The summed E-state index contributed by atoms with van der Waals surface area (Å²) < 4.78 is 0. The van der Waals surface area contributed by atoms with Crippen LogP contribution in [0.1, 0.15) is 18.1 Å². The summed E-state index contributed by atoms with van der Waals surface area (Å²) >= 11 is 0. The monoisotopic (exact) mass is 193 g/mol. The second-order valence-electron chi connectivity index (χ2n) is 3.87. The molecule has 0 aromatic heterocycles. The van der Waals surface area contributed by atoms with Gasteiger partial charge in [-0.1, -0.05) is 12.1 Å². The van der Waals surface area contributed by atoms with E-state index in [4.69, 9.17) is 5.11 Å². The predicted molar refractivity (Wildman–Crippen MR) is 54.0 cm³/mol. The molecule has 14 heavy (non-hydrogen) atoms. The molecule has 2 rings (SSSR count). The van der Waals surface area contributed by atoms with E-state index in [2.05, 4.69) is 5.32 Å². The largest absolute Gasteiger partial charge is 0.508 e. The van der Waals surface area contributed by atoms with Crippen molar-refractivity contribution in [3.8, 4) is 5.75 Å². The number of phenolic OH excluding ortho intramolecular Hbond substituents is 1. The Bertz CT molecular complexity index is 293. The summed E-state index contributed by atoms with van der Waals surface area (Å²) in [6.45, 7) is 2.02. The highest BCUT2D eigenvalue weighted by atomic mass is 16.3. The molecule has 1 aromatic rings. The van der Waals surface area contributed by atoms with Crippen molar-refractivity contribution in [2.24, 2.45) is 5.92 Å². The molecule has 0 saturated carbocycles. The maximum atomic E-state index is 9.84. The average Bonchev–Trinajstić information content (AvgIpc) is 2.12. The van der Waals surface area contributed by atoms with Gasteiger partial charge in [-0.15, -0.1) is 0 Å². The molecule has 0 aliphatic carbocycles. The molecule has 3 heteroatoms. The normalized spacial score (nSPS) is 18.9. The molecule has 1 unspecified atom stereocenters. The first-order chi connectivity index (χ1) is 6.75. The van der Waals surface area contributed by atoms with Crippen LogP contribution in [0.5, 0.6) is 5.75 Å². The van der Waals surface area contributed by atoms with Crippen LogP contribution in [0.3, 0.4) is 0 Å². The predicted octanol–water partition coefficient (Wildman–Crippen LogP) is 1.04. The van der Waals surface area contributed by atoms with Gasteiger partial charge in [-0.3, -0.25) is 0 Å². The Morgan fingerprint density at radius 3 is 2.43 bits per heavy atom. The SMILES string of the molecule is Oc1ccc(C(O)CC2CNC2)cc1. The van der Waals surface area contributed by atoms with Gasteiger partial charge < -0.3 is 15.5 Å². The number of rotatable bonds is 3. The molecule has 3 N–H and O–H groups in total. The summed E-state index contributed by atoms with van der Waals surface area (Å²) in [5, 5.41) is 22.1. The van der Waals surface area contributed by atoms with E-state index in [-0.39, 0.29) is 5.75 Å². The van der Waals surface area contributed by atoms with Crippen molar-refractivity contribution in [3.05, 3.63) is 29.8 Å². The minimum Gasteiger partial charge on any atom is -0.508 e. The van der Waals surface area contributed by atoms with Crippen LogP contribution in [-0.4, -0.2) is 23.3 Å². The maximum Gasteiger partial charge on any atom is 0.115 e. The molecular weight excluding hydrogens is 178 g/mol. The first-order valence-corrected chi connectivity index (χ1v) is 4.93. The minimum absolute atomic E-state index is 0.242. The van der Waals surface area contributed by atoms with E-state index in [0.717, 1.165) is 25.1 Å². The van der Waals surface area contributed by atoms with E-state index < -0.39 is 6.10 Å². The summed E-state index contributed by atoms with van der Waals surface area (Å²) in [5.41, 5.74) is 0.884. The van der Waals surface area contributed by atoms with Gasteiger partial charge in [0.2, 0.25) is 0 Å². The standard InChI is InChI=1S/C11H15NO2/c13-10-3-1-9(2-4-10)11(14)5-8-6-12-7-8/h1-4,8,11-14H,5-7H2. The van der Waals surface area contributed by atoms with Gasteiger partial charge in [-0.25, -0.2) is 0 Å². The van der Waals surface area contributed by atoms with Crippen LogP contribution >= 0.6 is 0 Å². The van der Waals surface area contributed by atoms with E-state index in [1.807, 2.05) is 0 Å². The van der Waals surface area contributed by atoms with Gasteiger partial charge in [0.25, 0.3) is 0 Å². The third-order valence-electron chi connectivity index (χ3n) is 2.70. The van der Waals surface area contributed by atoms with Gasteiger partial charge in [0, 0.05) is 0 Å². The van der Waals surface area contributed by atoms with Crippen LogP contribution in [0.15, 0.2) is 24.3 Å². The molecule has 1 fully saturated rings. The molecule has 0 bridgehead atoms. The van der Waals surface area contributed by atoms with E-state index in [1.165, 1.54) is 0 Å². The van der Waals surface area contributed by atoms with E-state index >= 15 is 0 Å². The quantitative estimate of drug-likeness (QED) is 0.672. The van der Waals surface area contributed by atoms with Crippen LogP contribution in [0.4, 0.5) is 0 Å². The van der Waals surface area contributed by atoms with Gasteiger partial charge in [0.05, 0.1) is 6.10 Å². The second kappa shape index (κ2) is 3.98. The first kappa shape index (κ1) is 9.49. The summed E-state index contributed by atoms with van der Waals surface area (Å²) in [7, 11) is 0. The smallest absolute Gasteiger partial charge is 0.115 e. The summed E-state index contributed by atoms with van der Waals surface area (Å²) in [6.07, 6.45) is 0.403. The summed E-state index contributed by atoms with van der Waals surface area (Å²) in [5.74, 6) is 0.838. The maximum absolute atomic E-state index is 9.84. The van der Waals surface area contributed by atoms with Crippen LogP contribution in [-0.2, 0) is 0 Å².